The molecule has 1 saturated heterocycles. The maximum atomic E-state index is 13.6. The molecule has 30 heavy (non-hydrogen) atoms. The minimum Gasteiger partial charge on any atom is -0.383 e. The van der Waals surface area contributed by atoms with Gasteiger partial charge in [-0.1, -0.05) is 13.8 Å². The number of nitrogen functional groups attached to an aromatic ring is 1. The van der Waals surface area contributed by atoms with Crippen LogP contribution in [-0.2, 0) is 6.18 Å². The van der Waals surface area contributed by atoms with E-state index in [-0.39, 0.29) is 17.4 Å². The summed E-state index contributed by atoms with van der Waals surface area (Å²) in [7, 11) is 0. The number of ketones is 1. The Morgan fingerprint density at radius 1 is 1.40 bits per heavy atom. The Kier molecular flexibility index (Phi) is 6.66. The lowest BCUT2D eigenvalue weighted by Gasteiger charge is -2.35. The Labute approximate surface area is 181 Å². The van der Waals surface area contributed by atoms with Crippen LogP contribution in [0.25, 0.3) is 0 Å². The quantitative estimate of drug-likeness (QED) is 0.624. The fraction of sp³-hybridized carbons (Fsp3) is 0.450. The number of rotatable bonds is 5. The summed E-state index contributed by atoms with van der Waals surface area (Å²) in [6.45, 7) is 6.10. The fourth-order valence-corrected chi connectivity index (χ4v) is 3.88. The predicted octanol–water partition coefficient (Wildman–Crippen LogP) is 3.90. The zero-order chi connectivity index (χ0) is 22.1. The minimum absolute atomic E-state index is 0.127. The van der Waals surface area contributed by atoms with Gasteiger partial charge in [0.1, 0.15) is 17.3 Å². The number of hydrogen-bond donors (Lipinski definition) is 2. The lowest BCUT2D eigenvalue weighted by atomic mass is 10.0. The third-order valence-corrected chi connectivity index (χ3v) is 5.30. The molecule has 1 aliphatic heterocycles. The van der Waals surface area contributed by atoms with E-state index in [4.69, 9.17) is 5.73 Å². The molecule has 0 saturated carbocycles. The van der Waals surface area contributed by atoms with Crippen molar-refractivity contribution in [2.45, 2.75) is 32.5 Å². The van der Waals surface area contributed by atoms with Crippen molar-refractivity contribution < 1.29 is 18.0 Å². The Hall–Kier alpha value is -2.20. The third kappa shape index (κ3) is 5.10. The van der Waals surface area contributed by atoms with E-state index in [1.54, 1.807) is 0 Å². The molecule has 0 spiro atoms. The van der Waals surface area contributed by atoms with Crippen molar-refractivity contribution in [3.8, 4) is 0 Å². The number of halogens is 4. The van der Waals surface area contributed by atoms with Crippen molar-refractivity contribution in [3.05, 3.63) is 45.7 Å². The first-order valence-corrected chi connectivity index (χ1v) is 10.4. The molecule has 162 valence electrons. The van der Waals surface area contributed by atoms with Crippen LogP contribution in [0.1, 0.15) is 41.9 Å². The van der Waals surface area contributed by atoms with Gasteiger partial charge < -0.3 is 16.0 Å². The smallest absolute Gasteiger partial charge is 0.383 e. The second-order valence-corrected chi connectivity index (χ2v) is 8.62. The molecule has 0 unspecified atom stereocenters. The largest absolute Gasteiger partial charge is 0.418 e. The zero-order valence-electron chi connectivity index (χ0n) is 16.6. The van der Waals surface area contributed by atoms with Gasteiger partial charge in [0, 0.05) is 36.3 Å². The zero-order valence-corrected chi connectivity index (χ0v) is 18.2. The summed E-state index contributed by atoms with van der Waals surface area (Å²) >= 11 is 3.17. The number of piperazine rings is 1. The van der Waals surface area contributed by atoms with Crippen LogP contribution in [0.15, 0.2) is 28.9 Å². The summed E-state index contributed by atoms with van der Waals surface area (Å²) in [5, 5.41) is 3.42. The molecule has 0 radical (unpaired) electrons. The molecule has 0 aliphatic carbocycles. The Bertz CT molecular complexity index is 935. The highest BCUT2D eigenvalue weighted by atomic mass is 79.9. The van der Waals surface area contributed by atoms with Crippen molar-refractivity contribution in [2.75, 3.05) is 30.3 Å². The molecule has 3 heterocycles. The molecule has 3 rings (SSSR count). The van der Waals surface area contributed by atoms with E-state index in [9.17, 15) is 18.0 Å². The van der Waals surface area contributed by atoms with Gasteiger partial charge in [-0.3, -0.25) is 4.79 Å². The topological polar surface area (TPSA) is 84.1 Å². The average Bonchev–Trinajstić information content (AvgIpc) is 2.68. The van der Waals surface area contributed by atoms with Gasteiger partial charge in [0.25, 0.3) is 0 Å². The molecule has 6 nitrogen and oxygen atoms in total. The predicted molar refractivity (Wildman–Crippen MR) is 112 cm³/mol. The standard InChI is InChI=1S/C20H23BrF3N5O/c1-11(2)7-13-10-29(6-5-26-13)16-4-3-15(20(22,23)24)17(28-16)18(30)14-8-12(21)9-27-19(14)25/h3-4,8-9,11,13,26H,5-7,10H2,1-2H3,(H2,25,27)/t13-/m0/s1. The van der Waals surface area contributed by atoms with Crippen LogP contribution in [0.5, 0.6) is 0 Å². The number of carbonyl (C=O) groups excluding carboxylic acids is 1. The SMILES string of the molecule is CC(C)C[C@H]1CN(c2ccc(C(F)(F)F)c(C(=O)c3cc(Br)cnc3N)n2)CCN1. The van der Waals surface area contributed by atoms with E-state index in [2.05, 4.69) is 45.1 Å². The van der Waals surface area contributed by atoms with Crippen molar-refractivity contribution in [3.63, 3.8) is 0 Å². The monoisotopic (exact) mass is 485 g/mol. The number of aromatic nitrogens is 2. The Morgan fingerprint density at radius 3 is 2.80 bits per heavy atom. The number of hydrogen-bond acceptors (Lipinski definition) is 6. The lowest BCUT2D eigenvalue weighted by molar-refractivity contribution is -0.138. The summed E-state index contributed by atoms with van der Waals surface area (Å²) in [5.74, 6) is -0.248. The molecule has 2 aromatic rings. The van der Waals surface area contributed by atoms with Crippen LogP contribution in [0.2, 0.25) is 0 Å². The third-order valence-electron chi connectivity index (χ3n) is 4.87. The van der Waals surface area contributed by atoms with E-state index in [0.717, 1.165) is 12.5 Å². The first kappa shape index (κ1) is 22.5. The molecule has 1 atom stereocenters. The van der Waals surface area contributed by atoms with Gasteiger partial charge in [0.2, 0.25) is 5.78 Å². The highest BCUT2D eigenvalue weighted by molar-refractivity contribution is 9.10. The summed E-state index contributed by atoms with van der Waals surface area (Å²) in [4.78, 5) is 22.9. The van der Waals surface area contributed by atoms with Gasteiger partial charge in [-0.05, 0) is 46.5 Å². The summed E-state index contributed by atoms with van der Waals surface area (Å²) < 4.78 is 41.3. The average molecular weight is 486 g/mol. The number of alkyl halides is 3. The fourth-order valence-electron chi connectivity index (χ4n) is 3.55. The second kappa shape index (κ2) is 8.89. The number of pyridine rings is 2. The molecule has 1 aliphatic rings. The number of nitrogens with zero attached hydrogens (tertiary/aromatic N) is 3. The number of nitrogens with one attached hydrogen (secondary N) is 1. The molecule has 0 amide bonds. The normalized spacial score (nSPS) is 17.4. The van der Waals surface area contributed by atoms with Crippen molar-refractivity contribution in [2.24, 2.45) is 5.92 Å². The first-order valence-electron chi connectivity index (χ1n) is 9.58. The van der Waals surface area contributed by atoms with E-state index in [1.807, 2.05) is 4.90 Å². The van der Waals surface area contributed by atoms with Gasteiger partial charge in [-0.15, -0.1) is 0 Å². The summed E-state index contributed by atoms with van der Waals surface area (Å²) in [6.07, 6.45) is -2.42. The van der Waals surface area contributed by atoms with Crippen LogP contribution in [-0.4, -0.2) is 41.4 Å². The first-order chi connectivity index (χ1) is 14.1. The van der Waals surface area contributed by atoms with E-state index in [0.29, 0.717) is 35.8 Å². The van der Waals surface area contributed by atoms with E-state index < -0.39 is 23.2 Å². The van der Waals surface area contributed by atoms with Gasteiger partial charge in [0.05, 0.1) is 11.1 Å². The Morgan fingerprint density at radius 2 is 2.13 bits per heavy atom. The van der Waals surface area contributed by atoms with Gasteiger partial charge >= 0.3 is 6.18 Å². The molecule has 0 bridgehead atoms. The highest BCUT2D eigenvalue weighted by Gasteiger charge is 2.37. The summed E-state index contributed by atoms with van der Waals surface area (Å²) in [5.41, 5.74) is 3.86. The van der Waals surface area contributed by atoms with E-state index >= 15 is 0 Å². The van der Waals surface area contributed by atoms with Crippen molar-refractivity contribution >= 4 is 33.3 Å². The van der Waals surface area contributed by atoms with Crippen LogP contribution >= 0.6 is 15.9 Å². The minimum atomic E-state index is -4.73. The number of carbonyl (C=O) groups is 1. The van der Waals surface area contributed by atoms with E-state index in [1.165, 1.54) is 18.3 Å². The lowest BCUT2D eigenvalue weighted by Crippen LogP contribution is -2.51. The molecule has 1 fully saturated rings. The van der Waals surface area contributed by atoms with Crippen molar-refractivity contribution in [1.82, 2.24) is 15.3 Å². The molecule has 2 aromatic heterocycles. The van der Waals surface area contributed by atoms with Crippen LogP contribution < -0.4 is 16.0 Å². The molecular formula is C20H23BrF3N5O. The van der Waals surface area contributed by atoms with Gasteiger partial charge in [-0.2, -0.15) is 13.2 Å². The molecular weight excluding hydrogens is 463 g/mol. The van der Waals surface area contributed by atoms with Crippen LogP contribution in [0, 0.1) is 5.92 Å². The Balaban J connectivity index is 2.01. The number of nitrogens with two attached hydrogens (primary N) is 1. The number of anilines is 2. The highest BCUT2D eigenvalue weighted by Crippen LogP contribution is 2.34. The van der Waals surface area contributed by atoms with Crippen LogP contribution in [0.4, 0.5) is 24.8 Å². The van der Waals surface area contributed by atoms with Gasteiger partial charge in [-0.25, -0.2) is 9.97 Å². The van der Waals surface area contributed by atoms with Crippen molar-refractivity contribution in [1.29, 1.82) is 0 Å². The maximum Gasteiger partial charge on any atom is 0.418 e. The molecule has 3 N–H and O–H groups in total. The van der Waals surface area contributed by atoms with Crippen LogP contribution in [0.3, 0.4) is 0 Å². The summed E-state index contributed by atoms with van der Waals surface area (Å²) in [6, 6.07) is 3.78. The maximum absolute atomic E-state index is 13.6. The van der Waals surface area contributed by atoms with Gasteiger partial charge in [0.15, 0.2) is 0 Å². The molecule has 10 heteroatoms. The second-order valence-electron chi connectivity index (χ2n) is 7.71. The molecule has 0 aromatic carbocycles.